The molecule has 0 bridgehead atoms. The van der Waals surface area contributed by atoms with Crippen molar-refractivity contribution in [1.29, 1.82) is 0 Å². The molecule has 0 saturated carbocycles. The first-order valence-corrected chi connectivity index (χ1v) is 7.74. The Hall–Kier alpha value is -1.66. The number of rotatable bonds is 6. The van der Waals surface area contributed by atoms with Gasteiger partial charge in [0.25, 0.3) is 0 Å². The number of hydrogen-bond acceptors (Lipinski definition) is 4. The van der Waals surface area contributed by atoms with E-state index >= 15 is 0 Å². The molecule has 1 N–H and O–H groups in total. The zero-order chi connectivity index (χ0) is 15.2. The molecule has 1 aliphatic rings. The van der Waals surface area contributed by atoms with E-state index in [1.165, 1.54) is 12.1 Å². The summed E-state index contributed by atoms with van der Waals surface area (Å²) in [6.07, 6.45) is 7.30. The smallest absolute Gasteiger partial charge is 0.311 e. The van der Waals surface area contributed by atoms with Gasteiger partial charge in [0.1, 0.15) is 6.61 Å². The van der Waals surface area contributed by atoms with E-state index in [0.717, 1.165) is 18.4 Å². The molecular weight excluding hydrogens is 338 g/mol. The van der Waals surface area contributed by atoms with Crippen LogP contribution in [0, 0.1) is 10.1 Å². The maximum Gasteiger partial charge on any atom is 0.311 e. The summed E-state index contributed by atoms with van der Waals surface area (Å²) in [7, 11) is 0. The minimum atomic E-state index is -0.776. The lowest BCUT2D eigenvalue weighted by atomic mass is 10.1. The number of nitrogens with zero attached hydrogens (tertiary/aromatic N) is 1. The van der Waals surface area contributed by atoms with Crippen molar-refractivity contribution in [3.05, 3.63) is 57.7 Å². The number of nitro benzene ring substituents is 1. The quantitative estimate of drug-likeness (QED) is 0.481. The first-order valence-electron chi connectivity index (χ1n) is 6.62. The third-order valence-corrected chi connectivity index (χ3v) is 3.79. The summed E-state index contributed by atoms with van der Waals surface area (Å²) in [6.45, 7) is 0.303. The monoisotopic (exact) mass is 353 g/mol. The van der Waals surface area contributed by atoms with E-state index in [0.29, 0.717) is 17.5 Å². The Labute approximate surface area is 131 Å². The van der Waals surface area contributed by atoms with Gasteiger partial charge >= 0.3 is 5.69 Å². The normalized spacial score (nSPS) is 15.4. The van der Waals surface area contributed by atoms with Crippen LogP contribution in [0.3, 0.4) is 0 Å². The molecule has 1 aromatic carbocycles. The van der Waals surface area contributed by atoms with Gasteiger partial charge in [-0.05, 0) is 30.0 Å². The van der Waals surface area contributed by atoms with Crippen LogP contribution in [-0.4, -0.2) is 22.0 Å². The number of halogens is 1. The van der Waals surface area contributed by atoms with E-state index in [2.05, 4.69) is 28.1 Å². The SMILES string of the molecule is O=[N+]([O-])c1cc(C(O)CBr)ccc1OCC1=CCCC=C1. The fraction of sp³-hybridized carbons (Fsp3) is 0.333. The van der Waals surface area contributed by atoms with Crippen LogP contribution in [0.1, 0.15) is 24.5 Å². The fourth-order valence-electron chi connectivity index (χ4n) is 2.03. The predicted octanol–water partition coefficient (Wildman–Crippen LogP) is 3.68. The molecule has 1 atom stereocenters. The van der Waals surface area contributed by atoms with Gasteiger partial charge in [-0.15, -0.1) is 0 Å². The summed E-state index contributed by atoms with van der Waals surface area (Å²) >= 11 is 3.15. The summed E-state index contributed by atoms with van der Waals surface area (Å²) in [5.41, 5.74) is 1.37. The molecule has 0 spiro atoms. The molecule has 0 fully saturated rings. The second-order valence-corrected chi connectivity index (χ2v) is 5.35. The third kappa shape index (κ3) is 4.15. The van der Waals surface area contributed by atoms with Gasteiger partial charge in [0.05, 0.1) is 11.0 Å². The highest BCUT2D eigenvalue weighted by Gasteiger charge is 2.19. The van der Waals surface area contributed by atoms with Crippen LogP contribution in [-0.2, 0) is 0 Å². The van der Waals surface area contributed by atoms with E-state index in [9.17, 15) is 15.2 Å². The molecular formula is C15H16BrNO4. The summed E-state index contributed by atoms with van der Waals surface area (Å²) in [4.78, 5) is 10.6. The predicted molar refractivity (Wildman–Crippen MR) is 83.8 cm³/mol. The minimum absolute atomic E-state index is 0.132. The van der Waals surface area contributed by atoms with Gasteiger partial charge in [-0.3, -0.25) is 10.1 Å². The van der Waals surface area contributed by atoms with Gasteiger partial charge in [0.2, 0.25) is 0 Å². The number of alkyl halides is 1. The Morgan fingerprint density at radius 1 is 1.43 bits per heavy atom. The second kappa shape index (κ2) is 7.38. The van der Waals surface area contributed by atoms with E-state index in [1.807, 2.05) is 6.08 Å². The first kappa shape index (κ1) is 15.7. The standard InChI is InChI=1S/C15H16BrNO4/c16-9-14(18)12-6-7-15(13(8-12)17(19)20)21-10-11-4-2-1-3-5-11/h2,4-8,14,18H,1,3,9-10H2. The average Bonchev–Trinajstić information content (AvgIpc) is 2.52. The number of nitro groups is 1. The van der Waals surface area contributed by atoms with Crippen molar-refractivity contribution in [1.82, 2.24) is 0 Å². The first-order chi connectivity index (χ1) is 10.1. The topological polar surface area (TPSA) is 72.6 Å². The van der Waals surface area contributed by atoms with Crippen molar-refractivity contribution in [2.75, 3.05) is 11.9 Å². The molecule has 5 nitrogen and oxygen atoms in total. The van der Waals surface area contributed by atoms with Gasteiger partial charge in [-0.1, -0.05) is 40.2 Å². The molecule has 0 radical (unpaired) electrons. The molecule has 0 heterocycles. The Bertz CT molecular complexity index is 583. The van der Waals surface area contributed by atoms with E-state index in [-0.39, 0.29) is 11.4 Å². The van der Waals surface area contributed by atoms with Gasteiger partial charge in [0, 0.05) is 11.4 Å². The van der Waals surface area contributed by atoms with E-state index in [1.54, 1.807) is 6.07 Å². The zero-order valence-corrected chi connectivity index (χ0v) is 13.0. The highest BCUT2D eigenvalue weighted by molar-refractivity contribution is 9.09. The number of aliphatic hydroxyl groups excluding tert-OH is 1. The number of aliphatic hydroxyl groups is 1. The number of allylic oxidation sites excluding steroid dienone is 2. The molecule has 0 aromatic heterocycles. The molecule has 2 rings (SSSR count). The Balaban J connectivity index is 2.16. The third-order valence-electron chi connectivity index (χ3n) is 3.18. The Kier molecular flexibility index (Phi) is 5.52. The van der Waals surface area contributed by atoms with Gasteiger partial charge in [-0.25, -0.2) is 0 Å². The molecule has 6 heteroatoms. The molecule has 0 aliphatic heterocycles. The van der Waals surface area contributed by atoms with Crippen LogP contribution in [0.25, 0.3) is 0 Å². The van der Waals surface area contributed by atoms with Crippen molar-refractivity contribution in [2.24, 2.45) is 0 Å². The molecule has 112 valence electrons. The highest BCUT2D eigenvalue weighted by Crippen LogP contribution is 2.31. The van der Waals surface area contributed by atoms with Crippen LogP contribution in [0.15, 0.2) is 42.0 Å². The van der Waals surface area contributed by atoms with E-state index in [4.69, 9.17) is 4.74 Å². The van der Waals surface area contributed by atoms with Crippen molar-refractivity contribution < 1.29 is 14.8 Å². The maximum absolute atomic E-state index is 11.1. The lowest BCUT2D eigenvalue weighted by Gasteiger charge is -2.12. The summed E-state index contributed by atoms with van der Waals surface area (Å²) < 4.78 is 5.55. The summed E-state index contributed by atoms with van der Waals surface area (Å²) in [5.74, 6) is 0.213. The number of benzene rings is 1. The second-order valence-electron chi connectivity index (χ2n) is 4.70. The average molecular weight is 354 g/mol. The van der Waals surface area contributed by atoms with Crippen LogP contribution >= 0.6 is 15.9 Å². The summed E-state index contributed by atoms with van der Waals surface area (Å²) in [6, 6.07) is 4.53. The molecule has 0 saturated heterocycles. The van der Waals surface area contributed by atoms with Gasteiger partial charge < -0.3 is 9.84 Å². The van der Waals surface area contributed by atoms with Crippen LogP contribution in [0.4, 0.5) is 5.69 Å². The van der Waals surface area contributed by atoms with Crippen LogP contribution < -0.4 is 4.74 Å². The number of ether oxygens (including phenoxy) is 1. The molecule has 1 aromatic rings. The van der Waals surface area contributed by atoms with Gasteiger partial charge in [0.15, 0.2) is 5.75 Å². The Morgan fingerprint density at radius 2 is 2.24 bits per heavy atom. The lowest BCUT2D eigenvalue weighted by Crippen LogP contribution is -2.05. The Morgan fingerprint density at radius 3 is 2.86 bits per heavy atom. The fourth-order valence-corrected chi connectivity index (χ4v) is 2.41. The molecule has 1 unspecified atom stereocenters. The van der Waals surface area contributed by atoms with Crippen molar-refractivity contribution in [2.45, 2.75) is 18.9 Å². The van der Waals surface area contributed by atoms with Crippen LogP contribution in [0.5, 0.6) is 5.75 Å². The van der Waals surface area contributed by atoms with Gasteiger partial charge in [-0.2, -0.15) is 0 Å². The van der Waals surface area contributed by atoms with Crippen molar-refractivity contribution in [3.63, 3.8) is 0 Å². The largest absolute Gasteiger partial charge is 0.482 e. The lowest BCUT2D eigenvalue weighted by molar-refractivity contribution is -0.385. The van der Waals surface area contributed by atoms with Crippen LogP contribution in [0.2, 0.25) is 0 Å². The maximum atomic E-state index is 11.1. The van der Waals surface area contributed by atoms with E-state index < -0.39 is 11.0 Å². The molecule has 1 aliphatic carbocycles. The zero-order valence-electron chi connectivity index (χ0n) is 11.4. The minimum Gasteiger partial charge on any atom is -0.482 e. The molecule has 21 heavy (non-hydrogen) atoms. The van der Waals surface area contributed by atoms with Crippen molar-refractivity contribution in [3.8, 4) is 5.75 Å². The molecule has 0 amide bonds. The van der Waals surface area contributed by atoms with Crippen molar-refractivity contribution >= 4 is 21.6 Å². The highest BCUT2D eigenvalue weighted by atomic mass is 79.9. The summed E-state index contributed by atoms with van der Waals surface area (Å²) in [5, 5.41) is 21.2. The number of hydrogen-bond donors (Lipinski definition) is 1.